The summed E-state index contributed by atoms with van der Waals surface area (Å²) >= 11 is 0. The van der Waals surface area contributed by atoms with Gasteiger partial charge in [0.15, 0.2) is 5.82 Å². The van der Waals surface area contributed by atoms with E-state index in [1.54, 1.807) is 6.07 Å². The number of nitrogens with one attached hydrogen (secondary N) is 3. The summed E-state index contributed by atoms with van der Waals surface area (Å²) in [6.07, 6.45) is 4.32. The number of carbonyl (C=O) groups is 1. The Balaban J connectivity index is 1.22. The second-order valence-corrected chi connectivity index (χ2v) is 11.2. The van der Waals surface area contributed by atoms with Gasteiger partial charge in [-0.3, -0.25) is 9.89 Å². The Morgan fingerprint density at radius 3 is 2.62 bits per heavy atom. The van der Waals surface area contributed by atoms with E-state index in [0.717, 1.165) is 43.0 Å². The number of fused-ring (bicyclic) bond motifs is 1. The topological polar surface area (TPSA) is 91.5 Å². The predicted molar refractivity (Wildman–Crippen MR) is 158 cm³/mol. The number of benzene rings is 3. The van der Waals surface area contributed by atoms with Crippen molar-refractivity contribution in [2.45, 2.75) is 44.2 Å². The number of carbonyl (C=O) groups excluding carboxylic acids is 1. The molecule has 2 aliphatic heterocycles. The van der Waals surface area contributed by atoms with Crippen molar-refractivity contribution in [1.82, 2.24) is 15.1 Å². The van der Waals surface area contributed by atoms with Crippen molar-refractivity contribution in [3.63, 3.8) is 0 Å². The first-order valence-corrected chi connectivity index (χ1v) is 14.5. The Morgan fingerprint density at radius 2 is 1.86 bits per heavy atom. The van der Waals surface area contributed by atoms with Gasteiger partial charge in [-0.05, 0) is 93.2 Å². The molecule has 0 radical (unpaired) electrons. The van der Waals surface area contributed by atoms with E-state index in [0.29, 0.717) is 66.1 Å². The molecule has 3 N–H and O–H groups in total. The van der Waals surface area contributed by atoms with Crippen molar-refractivity contribution < 1.29 is 23.0 Å². The van der Waals surface area contributed by atoms with Crippen LogP contribution in [0.2, 0.25) is 0 Å². The number of rotatable bonds is 9. The molecule has 0 bridgehead atoms. The van der Waals surface area contributed by atoms with Gasteiger partial charge in [0, 0.05) is 42.8 Å². The molecule has 10 heteroatoms. The third-order valence-corrected chi connectivity index (χ3v) is 8.12. The molecule has 0 unspecified atom stereocenters. The van der Waals surface area contributed by atoms with Gasteiger partial charge in [-0.1, -0.05) is 6.07 Å². The van der Waals surface area contributed by atoms with Gasteiger partial charge in [0.25, 0.3) is 5.91 Å². The van der Waals surface area contributed by atoms with Crippen molar-refractivity contribution in [2.75, 3.05) is 44.0 Å². The van der Waals surface area contributed by atoms with Crippen molar-refractivity contribution in [3.8, 4) is 5.75 Å². The molecule has 1 aromatic heterocycles. The Bertz CT molecular complexity index is 1550. The number of anilines is 2. The quantitative estimate of drug-likeness (QED) is 0.236. The molecule has 8 nitrogen and oxygen atoms in total. The van der Waals surface area contributed by atoms with Crippen molar-refractivity contribution >= 4 is 28.3 Å². The van der Waals surface area contributed by atoms with Crippen LogP contribution >= 0.6 is 0 Å². The molecule has 2 aliphatic rings. The second kappa shape index (κ2) is 12.5. The minimum atomic E-state index is -0.616. The normalized spacial score (nSPS) is 17.9. The summed E-state index contributed by atoms with van der Waals surface area (Å²) in [6.45, 7) is 3.03. The zero-order valence-corrected chi connectivity index (χ0v) is 23.6. The predicted octanol–water partition coefficient (Wildman–Crippen LogP) is 5.75. The van der Waals surface area contributed by atoms with Crippen LogP contribution in [0.4, 0.5) is 20.3 Å². The maximum Gasteiger partial charge on any atom is 0.258 e. The van der Waals surface area contributed by atoms with Crippen LogP contribution < -0.4 is 15.4 Å². The summed E-state index contributed by atoms with van der Waals surface area (Å²) in [6, 6.07) is 15.2. The van der Waals surface area contributed by atoms with E-state index in [-0.39, 0.29) is 11.9 Å². The Morgan fingerprint density at radius 1 is 1.05 bits per heavy atom. The van der Waals surface area contributed by atoms with Crippen molar-refractivity contribution in [3.05, 3.63) is 82.9 Å². The number of hydrogen-bond donors (Lipinski definition) is 3. The van der Waals surface area contributed by atoms with Gasteiger partial charge >= 0.3 is 0 Å². The number of ether oxygens (including phenoxy) is 2. The first-order valence-electron chi connectivity index (χ1n) is 14.5. The first kappa shape index (κ1) is 28.1. The molecule has 220 valence electrons. The minimum Gasteiger partial charge on any atom is -0.492 e. The maximum absolute atomic E-state index is 13.7. The van der Waals surface area contributed by atoms with Crippen LogP contribution in [0.1, 0.15) is 47.2 Å². The molecule has 1 atom stereocenters. The number of H-pyrrole nitrogens is 1. The highest BCUT2D eigenvalue weighted by molar-refractivity contribution is 6.11. The number of halogens is 2. The maximum atomic E-state index is 13.7. The van der Waals surface area contributed by atoms with E-state index in [2.05, 4.69) is 32.8 Å². The lowest BCUT2D eigenvalue weighted by atomic mass is 10.0. The highest BCUT2D eigenvalue weighted by Gasteiger charge is 2.23. The standard InChI is InChI=1S/C32H35F2N5O3/c1-39-10-2-3-25(39)19-42-26-5-6-27(30(18-26)35-24-8-11-41-12-9-24)32(40)36-31-28-16-20(4-7-29(28)37-38-31)13-21-14-22(33)17-23(34)15-21/h4-7,14-18,24-25,35H,2-3,8-13,19H2,1H3,(H2,36,37,38,40)/t25-/m1/s1. The van der Waals surface area contributed by atoms with E-state index in [1.165, 1.54) is 18.6 Å². The summed E-state index contributed by atoms with van der Waals surface area (Å²) < 4.78 is 39.1. The average Bonchev–Trinajstić information content (AvgIpc) is 3.57. The molecule has 4 aromatic rings. The Labute approximate surface area is 243 Å². The molecule has 0 spiro atoms. The van der Waals surface area contributed by atoms with Gasteiger partial charge in [0.05, 0.1) is 16.8 Å². The molecule has 0 saturated carbocycles. The van der Waals surface area contributed by atoms with Crippen LogP contribution in [0.25, 0.3) is 10.9 Å². The first-order chi connectivity index (χ1) is 20.4. The van der Waals surface area contributed by atoms with Crippen LogP contribution in [-0.2, 0) is 11.2 Å². The van der Waals surface area contributed by atoms with E-state index < -0.39 is 11.6 Å². The summed E-state index contributed by atoms with van der Waals surface area (Å²) in [4.78, 5) is 15.9. The van der Waals surface area contributed by atoms with Crippen LogP contribution in [0, 0.1) is 11.6 Å². The van der Waals surface area contributed by atoms with Gasteiger partial charge < -0.3 is 25.0 Å². The van der Waals surface area contributed by atoms with Gasteiger partial charge in [0.2, 0.25) is 0 Å². The van der Waals surface area contributed by atoms with Crippen LogP contribution in [0.5, 0.6) is 5.75 Å². The molecule has 6 rings (SSSR count). The third-order valence-electron chi connectivity index (χ3n) is 8.12. The van der Waals surface area contributed by atoms with Crippen LogP contribution in [0.3, 0.4) is 0 Å². The molecule has 0 aliphatic carbocycles. The third kappa shape index (κ3) is 6.55. The fraction of sp³-hybridized carbons (Fsp3) is 0.375. The lowest BCUT2D eigenvalue weighted by Gasteiger charge is -2.26. The van der Waals surface area contributed by atoms with Crippen LogP contribution in [-0.4, -0.2) is 66.5 Å². The summed E-state index contributed by atoms with van der Waals surface area (Å²) in [5.74, 6) is -0.448. The number of likely N-dealkylation sites (N-methyl/N-ethyl adjacent to an activating group) is 1. The monoisotopic (exact) mass is 575 g/mol. The molecule has 1 amide bonds. The zero-order valence-electron chi connectivity index (χ0n) is 23.6. The molecule has 2 saturated heterocycles. The molecule has 3 aromatic carbocycles. The fourth-order valence-electron chi connectivity index (χ4n) is 5.76. The number of hydrogen-bond acceptors (Lipinski definition) is 6. The van der Waals surface area contributed by atoms with Gasteiger partial charge in [-0.15, -0.1) is 0 Å². The molecular weight excluding hydrogens is 540 g/mol. The second-order valence-electron chi connectivity index (χ2n) is 11.2. The van der Waals surface area contributed by atoms with Crippen molar-refractivity contribution in [1.29, 1.82) is 0 Å². The minimum absolute atomic E-state index is 0.183. The molecule has 42 heavy (non-hydrogen) atoms. The lowest BCUT2D eigenvalue weighted by Crippen LogP contribution is -2.31. The van der Waals surface area contributed by atoms with E-state index in [9.17, 15) is 13.6 Å². The van der Waals surface area contributed by atoms with Crippen LogP contribution in [0.15, 0.2) is 54.6 Å². The number of amides is 1. The average molecular weight is 576 g/mol. The van der Waals surface area contributed by atoms with Crippen molar-refractivity contribution in [2.24, 2.45) is 0 Å². The molecular formula is C32H35F2N5O3. The zero-order chi connectivity index (χ0) is 29.1. The van der Waals surface area contributed by atoms with E-state index in [1.807, 2.05) is 30.3 Å². The number of nitrogens with zero attached hydrogens (tertiary/aromatic N) is 2. The summed E-state index contributed by atoms with van der Waals surface area (Å²) in [7, 11) is 2.12. The number of aromatic nitrogens is 2. The number of likely N-dealkylation sites (tertiary alicyclic amines) is 1. The number of aromatic amines is 1. The van der Waals surface area contributed by atoms with Gasteiger partial charge in [-0.25, -0.2) is 8.78 Å². The highest BCUT2D eigenvalue weighted by atomic mass is 19.1. The smallest absolute Gasteiger partial charge is 0.258 e. The Hall–Kier alpha value is -4.02. The van der Waals surface area contributed by atoms with E-state index in [4.69, 9.17) is 9.47 Å². The fourth-order valence-corrected chi connectivity index (χ4v) is 5.76. The lowest BCUT2D eigenvalue weighted by molar-refractivity contribution is 0.0904. The summed E-state index contributed by atoms with van der Waals surface area (Å²) in [5, 5.41) is 14.5. The van der Waals surface area contributed by atoms with Gasteiger partial charge in [-0.2, -0.15) is 5.10 Å². The summed E-state index contributed by atoms with van der Waals surface area (Å²) in [5.41, 5.74) is 3.27. The Kier molecular flexibility index (Phi) is 8.34. The van der Waals surface area contributed by atoms with E-state index >= 15 is 0 Å². The SMILES string of the molecule is CN1CCC[C@@H]1COc1ccc(C(=O)Nc2n[nH]c3ccc(Cc4cc(F)cc(F)c4)cc23)c(NC2CCOCC2)c1. The molecule has 3 heterocycles. The molecule has 2 fully saturated rings. The highest BCUT2D eigenvalue weighted by Crippen LogP contribution is 2.29. The van der Waals surface area contributed by atoms with Gasteiger partial charge in [0.1, 0.15) is 24.0 Å². The largest absolute Gasteiger partial charge is 0.492 e.